The third-order valence-electron chi connectivity index (χ3n) is 3.89. The van der Waals surface area contributed by atoms with Crippen LogP contribution in [0.2, 0.25) is 0 Å². The van der Waals surface area contributed by atoms with Crippen molar-refractivity contribution in [3.8, 4) is 0 Å². The first-order valence-electron chi connectivity index (χ1n) is 6.75. The van der Waals surface area contributed by atoms with Gasteiger partial charge in [-0.2, -0.15) is 0 Å². The van der Waals surface area contributed by atoms with Crippen LogP contribution in [0.25, 0.3) is 0 Å². The van der Waals surface area contributed by atoms with Gasteiger partial charge >= 0.3 is 0 Å². The topological polar surface area (TPSA) is 43.5 Å². The smallest absolute Gasteiger partial charge is 0.104 e. The first-order valence-corrected chi connectivity index (χ1v) is 6.75. The molecule has 2 saturated heterocycles. The van der Waals surface area contributed by atoms with Crippen LogP contribution >= 0.6 is 0 Å². The van der Waals surface area contributed by atoms with Gasteiger partial charge in [-0.15, -0.1) is 0 Å². The van der Waals surface area contributed by atoms with Crippen LogP contribution in [0, 0.1) is 5.41 Å². The molecule has 3 fully saturated rings. The summed E-state index contributed by atoms with van der Waals surface area (Å²) in [6.07, 6.45) is 5.84. The maximum atomic E-state index is 5.78. The molecular weight excluding hydrogens is 220 g/mol. The van der Waals surface area contributed by atoms with Gasteiger partial charge in [0.15, 0.2) is 0 Å². The van der Waals surface area contributed by atoms with E-state index in [-0.39, 0.29) is 5.41 Å². The van der Waals surface area contributed by atoms with E-state index in [0.29, 0.717) is 12.2 Å². The second kappa shape index (κ2) is 5.22. The van der Waals surface area contributed by atoms with Crippen LogP contribution in [-0.2, 0) is 18.9 Å². The molecular formula is C13H22O4. The minimum absolute atomic E-state index is 0.268. The molecule has 0 bridgehead atoms. The van der Waals surface area contributed by atoms with Crippen molar-refractivity contribution < 1.29 is 18.9 Å². The molecule has 4 heteroatoms. The summed E-state index contributed by atoms with van der Waals surface area (Å²) >= 11 is 0. The molecule has 4 nitrogen and oxygen atoms in total. The third kappa shape index (κ3) is 3.65. The van der Waals surface area contributed by atoms with Crippen molar-refractivity contribution in [1.82, 2.24) is 0 Å². The van der Waals surface area contributed by atoms with Crippen molar-refractivity contribution in [1.29, 1.82) is 0 Å². The van der Waals surface area contributed by atoms with E-state index in [2.05, 4.69) is 0 Å². The lowest BCUT2D eigenvalue weighted by atomic mass is 9.88. The van der Waals surface area contributed by atoms with Crippen molar-refractivity contribution in [3.63, 3.8) is 0 Å². The first-order chi connectivity index (χ1) is 8.36. The molecule has 0 aromatic heterocycles. The van der Waals surface area contributed by atoms with E-state index in [0.717, 1.165) is 39.6 Å². The van der Waals surface area contributed by atoms with Crippen LogP contribution in [0.15, 0.2) is 0 Å². The molecule has 1 aliphatic carbocycles. The highest BCUT2D eigenvalue weighted by Crippen LogP contribution is 2.39. The molecule has 2 atom stereocenters. The molecule has 17 heavy (non-hydrogen) atoms. The average Bonchev–Trinajstić information content (AvgIpc) is 3.22. The molecule has 0 aromatic carbocycles. The zero-order valence-electron chi connectivity index (χ0n) is 10.4. The maximum absolute atomic E-state index is 5.78. The van der Waals surface area contributed by atoms with Crippen LogP contribution in [0.3, 0.4) is 0 Å². The fourth-order valence-corrected chi connectivity index (χ4v) is 2.60. The highest BCUT2D eigenvalue weighted by atomic mass is 16.6. The zero-order chi connectivity index (χ0) is 11.6. The molecule has 98 valence electrons. The lowest BCUT2D eigenvalue weighted by Crippen LogP contribution is -2.30. The number of hydrogen-bond acceptors (Lipinski definition) is 4. The molecule has 0 amide bonds. The Balaban J connectivity index is 1.38. The van der Waals surface area contributed by atoms with Gasteiger partial charge in [-0.05, 0) is 12.8 Å². The van der Waals surface area contributed by atoms with Gasteiger partial charge < -0.3 is 18.9 Å². The quantitative estimate of drug-likeness (QED) is 0.603. The minimum Gasteiger partial charge on any atom is -0.378 e. The molecule has 1 saturated carbocycles. The molecule has 2 aliphatic heterocycles. The summed E-state index contributed by atoms with van der Waals surface area (Å²) < 4.78 is 21.9. The Labute approximate surface area is 103 Å². The van der Waals surface area contributed by atoms with Crippen LogP contribution in [-0.4, -0.2) is 51.8 Å². The lowest BCUT2D eigenvalue weighted by Gasteiger charge is -2.28. The van der Waals surface area contributed by atoms with E-state index in [4.69, 9.17) is 18.9 Å². The largest absolute Gasteiger partial charge is 0.378 e. The zero-order valence-corrected chi connectivity index (χ0v) is 10.4. The summed E-state index contributed by atoms with van der Waals surface area (Å²) in [5.41, 5.74) is 0.268. The molecule has 0 aromatic rings. The van der Waals surface area contributed by atoms with Crippen molar-refractivity contribution >= 4 is 0 Å². The average molecular weight is 242 g/mol. The van der Waals surface area contributed by atoms with Crippen molar-refractivity contribution in [2.24, 2.45) is 5.41 Å². The molecule has 0 spiro atoms. The van der Waals surface area contributed by atoms with Crippen LogP contribution < -0.4 is 0 Å². The first kappa shape index (κ1) is 11.9. The third-order valence-corrected chi connectivity index (χ3v) is 3.89. The Morgan fingerprint density at radius 2 is 1.35 bits per heavy atom. The fraction of sp³-hybridized carbons (Fsp3) is 1.00. The van der Waals surface area contributed by atoms with Crippen LogP contribution in [0.1, 0.15) is 25.7 Å². The van der Waals surface area contributed by atoms with E-state index < -0.39 is 0 Å². The summed E-state index contributed by atoms with van der Waals surface area (Å²) in [4.78, 5) is 0. The number of hydrogen-bond donors (Lipinski definition) is 0. The van der Waals surface area contributed by atoms with Gasteiger partial charge in [-0.3, -0.25) is 0 Å². The summed E-state index contributed by atoms with van der Waals surface area (Å²) in [6, 6.07) is 0. The Kier molecular flexibility index (Phi) is 3.66. The highest BCUT2D eigenvalue weighted by molar-refractivity contribution is 4.85. The Bertz CT molecular complexity index is 222. The standard InChI is InChI=1S/C13H22O4/c1-2-4-13(3-1,9-14-5-11-7-16-11)10-15-6-12-8-17-12/h11-12H,1-10H2. The summed E-state index contributed by atoms with van der Waals surface area (Å²) in [6.45, 7) is 4.93. The Hall–Kier alpha value is -0.160. The minimum atomic E-state index is 0.268. The van der Waals surface area contributed by atoms with E-state index in [1.807, 2.05) is 0 Å². The predicted octanol–water partition coefficient (Wildman–Crippen LogP) is 1.38. The molecule has 0 radical (unpaired) electrons. The van der Waals surface area contributed by atoms with E-state index in [9.17, 15) is 0 Å². The van der Waals surface area contributed by atoms with Gasteiger partial charge in [0, 0.05) is 5.41 Å². The summed E-state index contributed by atoms with van der Waals surface area (Å²) in [5, 5.41) is 0. The van der Waals surface area contributed by atoms with E-state index >= 15 is 0 Å². The van der Waals surface area contributed by atoms with Crippen molar-refractivity contribution in [3.05, 3.63) is 0 Å². The fourth-order valence-electron chi connectivity index (χ4n) is 2.60. The van der Waals surface area contributed by atoms with Gasteiger partial charge in [-0.1, -0.05) is 12.8 Å². The van der Waals surface area contributed by atoms with Crippen LogP contribution in [0.4, 0.5) is 0 Å². The Morgan fingerprint density at radius 1 is 0.882 bits per heavy atom. The van der Waals surface area contributed by atoms with E-state index in [1.54, 1.807) is 0 Å². The number of ether oxygens (including phenoxy) is 4. The second-order valence-corrected chi connectivity index (χ2v) is 5.65. The van der Waals surface area contributed by atoms with Gasteiger partial charge in [-0.25, -0.2) is 0 Å². The van der Waals surface area contributed by atoms with E-state index in [1.165, 1.54) is 25.7 Å². The molecule has 0 N–H and O–H groups in total. The second-order valence-electron chi connectivity index (χ2n) is 5.65. The maximum Gasteiger partial charge on any atom is 0.104 e. The van der Waals surface area contributed by atoms with Crippen molar-refractivity contribution in [2.75, 3.05) is 39.6 Å². The summed E-state index contributed by atoms with van der Waals surface area (Å²) in [5.74, 6) is 0. The number of rotatable bonds is 8. The normalized spacial score (nSPS) is 33.9. The molecule has 2 heterocycles. The van der Waals surface area contributed by atoms with Gasteiger partial charge in [0.2, 0.25) is 0 Å². The monoisotopic (exact) mass is 242 g/mol. The highest BCUT2D eigenvalue weighted by Gasteiger charge is 2.36. The molecule has 3 rings (SSSR count). The van der Waals surface area contributed by atoms with Gasteiger partial charge in [0.25, 0.3) is 0 Å². The predicted molar refractivity (Wildman–Crippen MR) is 62.0 cm³/mol. The molecule has 3 aliphatic rings. The summed E-state index contributed by atoms with van der Waals surface area (Å²) in [7, 11) is 0. The Morgan fingerprint density at radius 3 is 1.76 bits per heavy atom. The van der Waals surface area contributed by atoms with Gasteiger partial charge in [0.05, 0.1) is 39.6 Å². The van der Waals surface area contributed by atoms with Crippen LogP contribution in [0.5, 0.6) is 0 Å². The molecule has 2 unspecified atom stereocenters. The SMILES string of the molecule is C1CCC(COCC2CO2)(COCC2CO2)C1. The lowest BCUT2D eigenvalue weighted by molar-refractivity contribution is -0.0253. The number of epoxide rings is 2. The van der Waals surface area contributed by atoms with Gasteiger partial charge in [0.1, 0.15) is 12.2 Å². The van der Waals surface area contributed by atoms with Crippen molar-refractivity contribution in [2.45, 2.75) is 37.9 Å².